The Hall–Kier alpha value is -0.790. The average molecular weight is 170 g/mol. The molecule has 0 radical (unpaired) electrons. The Bertz CT molecular complexity index is 159. The molecule has 0 spiro atoms. The number of carbonyl (C=O) groups is 1. The average Bonchev–Trinajstić information content (AvgIpc) is 2.02. The van der Waals surface area contributed by atoms with Crippen LogP contribution in [0.1, 0.15) is 46.0 Å². The van der Waals surface area contributed by atoms with E-state index in [9.17, 15) is 4.79 Å². The topological polar surface area (TPSA) is 37.3 Å². The van der Waals surface area contributed by atoms with Gasteiger partial charge in [-0.05, 0) is 19.3 Å². The number of aliphatic carboxylic acids is 1. The maximum atomic E-state index is 10.3. The molecule has 0 amide bonds. The van der Waals surface area contributed by atoms with Crippen LogP contribution in [0, 0.1) is 0 Å². The van der Waals surface area contributed by atoms with Crippen LogP contribution in [-0.4, -0.2) is 11.1 Å². The third-order valence-electron chi connectivity index (χ3n) is 1.88. The van der Waals surface area contributed by atoms with Crippen molar-refractivity contribution in [2.45, 2.75) is 46.0 Å². The van der Waals surface area contributed by atoms with Crippen molar-refractivity contribution in [3.05, 3.63) is 11.6 Å². The molecule has 0 saturated carbocycles. The van der Waals surface area contributed by atoms with Gasteiger partial charge >= 0.3 is 5.97 Å². The van der Waals surface area contributed by atoms with Crippen LogP contribution in [0.15, 0.2) is 11.6 Å². The zero-order valence-corrected chi connectivity index (χ0v) is 7.97. The van der Waals surface area contributed by atoms with Gasteiger partial charge in [0.15, 0.2) is 0 Å². The van der Waals surface area contributed by atoms with Crippen molar-refractivity contribution in [1.82, 2.24) is 0 Å². The summed E-state index contributed by atoms with van der Waals surface area (Å²) in [7, 11) is 0. The van der Waals surface area contributed by atoms with Gasteiger partial charge in [0.1, 0.15) is 0 Å². The number of hydrogen-bond acceptors (Lipinski definition) is 1. The van der Waals surface area contributed by atoms with Gasteiger partial charge in [0.05, 0.1) is 0 Å². The molecule has 0 heterocycles. The van der Waals surface area contributed by atoms with E-state index in [1.54, 1.807) is 0 Å². The quantitative estimate of drug-likeness (QED) is 0.491. The Morgan fingerprint density at radius 1 is 1.33 bits per heavy atom. The summed E-state index contributed by atoms with van der Waals surface area (Å²) < 4.78 is 0. The normalized spacial score (nSPS) is 11.7. The highest BCUT2D eigenvalue weighted by molar-refractivity contribution is 5.80. The summed E-state index contributed by atoms with van der Waals surface area (Å²) in [6, 6.07) is 0. The van der Waals surface area contributed by atoms with Gasteiger partial charge in [-0.15, -0.1) is 0 Å². The molecule has 0 aliphatic rings. The van der Waals surface area contributed by atoms with Crippen molar-refractivity contribution in [2.75, 3.05) is 0 Å². The SMILES string of the molecule is CCCCCC(=CC(=O)O)CC. The predicted molar refractivity (Wildman–Crippen MR) is 50.2 cm³/mol. The molecule has 0 unspecified atom stereocenters. The van der Waals surface area contributed by atoms with Crippen LogP contribution in [-0.2, 0) is 4.79 Å². The molecular formula is C10H18O2. The Balaban J connectivity index is 3.75. The summed E-state index contributed by atoms with van der Waals surface area (Å²) in [5.74, 6) is -0.816. The molecule has 0 bridgehead atoms. The standard InChI is InChI=1S/C10H18O2/c1-3-5-6-7-9(4-2)8-10(11)12/h8H,3-7H2,1-2H3,(H,11,12). The molecule has 2 nitrogen and oxygen atoms in total. The lowest BCUT2D eigenvalue weighted by molar-refractivity contribution is -0.131. The van der Waals surface area contributed by atoms with Gasteiger partial charge < -0.3 is 5.11 Å². The first-order valence-electron chi connectivity index (χ1n) is 4.63. The molecule has 0 aromatic carbocycles. The second-order valence-corrected chi connectivity index (χ2v) is 2.95. The van der Waals surface area contributed by atoms with Crippen molar-refractivity contribution in [3.63, 3.8) is 0 Å². The largest absolute Gasteiger partial charge is 0.478 e. The highest BCUT2D eigenvalue weighted by Gasteiger charge is 1.97. The van der Waals surface area contributed by atoms with E-state index in [0.717, 1.165) is 24.8 Å². The number of rotatable bonds is 6. The van der Waals surface area contributed by atoms with Crippen molar-refractivity contribution in [1.29, 1.82) is 0 Å². The van der Waals surface area contributed by atoms with Crippen LogP contribution in [0.5, 0.6) is 0 Å². The fourth-order valence-corrected chi connectivity index (χ4v) is 1.13. The lowest BCUT2D eigenvalue weighted by Crippen LogP contribution is -1.92. The van der Waals surface area contributed by atoms with Gasteiger partial charge in [-0.25, -0.2) is 4.79 Å². The predicted octanol–water partition coefficient (Wildman–Crippen LogP) is 2.99. The van der Waals surface area contributed by atoms with Gasteiger partial charge in [-0.1, -0.05) is 32.3 Å². The zero-order valence-electron chi connectivity index (χ0n) is 7.97. The minimum absolute atomic E-state index is 0.816. The number of carboxylic acid groups (broad SMARTS) is 1. The minimum atomic E-state index is -0.816. The van der Waals surface area contributed by atoms with E-state index < -0.39 is 5.97 Å². The monoisotopic (exact) mass is 170 g/mol. The van der Waals surface area contributed by atoms with E-state index >= 15 is 0 Å². The van der Waals surface area contributed by atoms with E-state index in [0.29, 0.717) is 0 Å². The minimum Gasteiger partial charge on any atom is -0.478 e. The first kappa shape index (κ1) is 11.2. The van der Waals surface area contributed by atoms with E-state index in [4.69, 9.17) is 5.11 Å². The number of hydrogen-bond donors (Lipinski definition) is 1. The van der Waals surface area contributed by atoms with Crippen LogP contribution < -0.4 is 0 Å². The third-order valence-corrected chi connectivity index (χ3v) is 1.88. The summed E-state index contributed by atoms with van der Waals surface area (Å²) in [6.45, 7) is 4.15. The molecule has 0 aliphatic carbocycles. The molecule has 1 N–H and O–H groups in total. The molecular weight excluding hydrogens is 152 g/mol. The number of allylic oxidation sites excluding steroid dienone is 1. The van der Waals surface area contributed by atoms with Crippen molar-refractivity contribution in [2.24, 2.45) is 0 Å². The van der Waals surface area contributed by atoms with Gasteiger partial charge in [-0.3, -0.25) is 0 Å². The Morgan fingerprint density at radius 3 is 2.42 bits per heavy atom. The second kappa shape index (κ2) is 6.89. The smallest absolute Gasteiger partial charge is 0.328 e. The molecule has 0 saturated heterocycles. The highest BCUT2D eigenvalue weighted by atomic mass is 16.4. The van der Waals surface area contributed by atoms with Crippen molar-refractivity contribution >= 4 is 5.97 Å². The molecule has 0 aromatic rings. The van der Waals surface area contributed by atoms with Crippen molar-refractivity contribution < 1.29 is 9.90 Å². The van der Waals surface area contributed by atoms with Gasteiger partial charge in [0, 0.05) is 6.08 Å². The van der Waals surface area contributed by atoms with Gasteiger partial charge in [-0.2, -0.15) is 0 Å². The van der Waals surface area contributed by atoms with Crippen molar-refractivity contribution in [3.8, 4) is 0 Å². The number of carboxylic acids is 1. The molecule has 2 heteroatoms. The fraction of sp³-hybridized carbons (Fsp3) is 0.700. The Labute approximate surface area is 74.3 Å². The zero-order chi connectivity index (χ0) is 9.40. The van der Waals surface area contributed by atoms with Crippen LogP contribution in [0.3, 0.4) is 0 Å². The molecule has 0 aliphatic heterocycles. The lowest BCUT2D eigenvalue weighted by atomic mass is 10.1. The molecule has 0 atom stereocenters. The Morgan fingerprint density at radius 2 is 2.00 bits per heavy atom. The van der Waals surface area contributed by atoms with Crippen LogP contribution in [0.2, 0.25) is 0 Å². The second-order valence-electron chi connectivity index (χ2n) is 2.95. The third kappa shape index (κ3) is 5.96. The molecule has 12 heavy (non-hydrogen) atoms. The fourth-order valence-electron chi connectivity index (χ4n) is 1.13. The first-order chi connectivity index (χ1) is 5.70. The maximum absolute atomic E-state index is 10.3. The van der Waals surface area contributed by atoms with E-state index in [1.807, 2.05) is 6.92 Å². The van der Waals surface area contributed by atoms with Crippen LogP contribution >= 0.6 is 0 Å². The Kier molecular flexibility index (Phi) is 6.44. The summed E-state index contributed by atoms with van der Waals surface area (Å²) in [5.41, 5.74) is 1.05. The van der Waals surface area contributed by atoms with Crippen LogP contribution in [0.25, 0.3) is 0 Å². The van der Waals surface area contributed by atoms with E-state index in [-0.39, 0.29) is 0 Å². The lowest BCUT2D eigenvalue weighted by Gasteiger charge is -2.01. The summed E-state index contributed by atoms with van der Waals surface area (Å²) in [4.78, 5) is 10.3. The maximum Gasteiger partial charge on any atom is 0.328 e. The van der Waals surface area contributed by atoms with Gasteiger partial charge in [0.25, 0.3) is 0 Å². The molecule has 0 rings (SSSR count). The van der Waals surface area contributed by atoms with E-state index in [1.165, 1.54) is 18.9 Å². The highest BCUT2D eigenvalue weighted by Crippen LogP contribution is 2.11. The molecule has 0 aromatic heterocycles. The first-order valence-corrected chi connectivity index (χ1v) is 4.63. The van der Waals surface area contributed by atoms with E-state index in [2.05, 4.69) is 6.92 Å². The number of unbranched alkanes of at least 4 members (excludes halogenated alkanes) is 2. The molecule has 70 valence electrons. The summed E-state index contributed by atoms with van der Waals surface area (Å²) in [5, 5.41) is 8.50. The molecule has 0 fully saturated rings. The summed E-state index contributed by atoms with van der Waals surface area (Å²) in [6.07, 6.45) is 6.63. The summed E-state index contributed by atoms with van der Waals surface area (Å²) >= 11 is 0. The van der Waals surface area contributed by atoms with Gasteiger partial charge in [0.2, 0.25) is 0 Å². The van der Waals surface area contributed by atoms with Crippen LogP contribution in [0.4, 0.5) is 0 Å².